The number of aryl methyl sites for hydroxylation is 3. The summed E-state index contributed by atoms with van der Waals surface area (Å²) < 4.78 is 8.25. The Bertz CT molecular complexity index is 1450. The van der Waals surface area contributed by atoms with E-state index in [1.807, 2.05) is 12.1 Å². The van der Waals surface area contributed by atoms with E-state index in [0.717, 1.165) is 5.56 Å². The molecule has 0 spiro atoms. The average Bonchev–Trinajstić information content (AvgIpc) is 3.33. The number of nitrogens with zero attached hydrogens (tertiary/aromatic N) is 6. The van der Waals surface area contributed by atoms with Gasteiger partial charge >= 0.3 is 6.01 Å². The number of rotatable bonds is 4. The Morgan fingerprint density at radius 3 is 2.32 bits per heavy atom. The molecule has 5 rings (SSSR count). The van der Waals surface area contributed by atoms with Crippen LogP contribution in [0.2, 0.25) is 5.02 Å². The third-order valence-corrected chi connectivity index (χ3v) is 6.15. The first-order chi connectivity index (χ1) is 16.3. The Hall–Kier alpha value is -3.98. The molecule has 1 aliphatic rings. The zero-order valence-electron chi connectivity index (χ0n) is 19.0. The van der Waals surface area contributed by atoms with Crippen LogP contribution < -0.4 is 15.2 Å². The second kappa shape index (κ2) is 8.11. The van der Waals surface area contributed by atoms with E-state index in [4.69, 9.17) is 16.3 Å². The van der Waals surface area contributed by atoms with Crippen molar-refractivity contribution >= 4 is 23.2 Å². The Kier molecular flexibility index (Phi) is 5.21. The Morgan fingerprint density at radius 2 is 1.71 bits per heavy atom. The highest BCUT2D eigenvalue weighted by atomic mass is 35.5. The van der Waals surface area contributed by atoms with Gasteiger partial charge in [0.2, 0.25) is 0 Å². The summed E-state index contributed by atoms with van der Waals surface area (Å²) in [6.07, 6.45) is 4.87. The maximum absolute atomic E-state index is 13.8. The first-order valence-electron chi connectivity index (χ1n) is 10.5. The van der Waals surface area contributed by atoms with Crippen LogP contribution >= 0.6 is 11.6 Å². The summed E-state index contributed by atoms with van der Waals surface area (Å²) in [6.45, 7) is 3.53. The maximum Gasteiger partial charge on any atom is 0.316 e. The Balaban J connectivity index is 1.76. The molecule has 1 aliphatic heterocycles. The lowest BCUT2D eigenvalue weighted by molar-refractivity contribution is 0.0992. The van der Waals surface area contributed by atoms with Crippen molar-refractivity contribution in [1.29, 1.82) is 0 Å². The van der Waals surface area contributed by atoms with Crippen LogP contribution in [0.1, 0.15) is 38.9 Å². The Morgan fingerprint density at radius 1 is 1.03 bits per heavy atom. The summed E-state index contributed by atoms with van der Waals surface area (Å²) in [5.41, 5.74) is 4.24. The smallest absolute Gasteiger partial charge is 0.316 e. The second-order valence-electron chi connectivity index (χ2n) is 8.11. The first-order valence-corrected chi connectivity index (χ1v) is 10.9. The molecule has 0 N–H and O–H groups in total. The zero-order chi connectivity index (χ0) is 24.1. The van der Waals surface area contributed by atoms with Gasteiger partial charge in [0, 0.05) is 23.8 Å². The second-order valence-corrected chi connectivity index (χ2v) is 8.55. The molecular weight excluding hydrogens is 456 g/mol. The number of ether oxygens (including phenoxy) is 1. The van der Waals surface area contributed by atoms with Crippen LogP contribution in [0, 0.1) is 13.8 Å². The molecular formula is C24H21ClN6O3. The molecule has 4 aromatic rings. The summed E-state index contributed by atoms with van der Waals surface area (Å²) >= 11 is 6.15. The fourth-order valence-electron chi connectivity index (χ4n) is 4.35. The third kappa shape index (κ3) is 3.36. The predicted molar refractivity (Wildman–Crippen MR) is 127 cm³/mol. The molecule has 4 heterocycles. The molecule has 0 bridgehead atoms. The van der Waals surface area contributed by atoms with Gasteiger partial charge in [-0.2, -0.15) is 5.10 Å². The van der Waals surface area contributed by atoms with Crippen molar-refractivity contribution < 1.29 is 9.53 Å². The van der Waals surface area contributed by atoms with Crippen molar-refractivity contribution in [3.8, 4) is 11.7 Å². The van der Waals surface area contributed by atoms with Crippen molar-refractivity contribution in [2.75, 3.05) is 12.0 Å². The van der Waals surface area contributed by atoms with E-state index in [2.05, 4.69) is 15.1 Å². The third-order valence-electron chi connectivity index (χ3n) is 5.90. The maximum atomic E-state index is 13.8. The van der Waals surface area contributed by atoms with Gasteiger partial charge in [-0.3, -0.25) is 14.5 Å². The number of carbonyl (C=O) groups excluding carboxylic acids is 1. The summed E-state index contributed by atoms with van der Waals surface area (Å²) in [5, 5.41) is 5.24. The molecule has 1 aromatic carbocycles. The van der Waals surface area contributed by atoms with Gasteiger partial charge in [0.05, 0.1) is 42.1 Å². The number of hydrogen-bond acceptors (Lipinski definition) is 6. The highest BCUT2D eigenvalue weighted by molar-refractivity contribution is 6.30. The van der Waals surface area contributed by atoms with E-state index in [1.54, 1.807) is 67.3 Å². The van der Waals surface area contributed by atoms with Crippen LogP contribution in [0.3, 0.4) is 0 Å². The Labute approximate surface area is 200 Å². The van der Waals surface area contributed by atoms with Crippen LogP contribution in [0.4, 0.5) is 5.69 Å². The van der Waals surface area contributed by atoms with Crippen LogP contribution in [-0.4, -0.2) is 37.3 Å². The van der Waals surface area contributed by atoms with Crippen LogP contribution in [-0.2, 0) is 7.05 Å². The number of benzene rings is 1. The van der Waals surface area contributed by atoms with Crippen molar-refractivity contribution in [3.05, 3.63) is 92.4 Å². The molecule has 34 heavy (non-hydrogen) atoms. The number of anilines is 1. The molecule has 172 valence electrons. The normalized spacial score (nSPS) is 15.0. The summed E-state index contributed by atoms with van der Waals surface area (Å²) in [6, 6.07) is 8.79. The molecule has 0 saturated carbocycles. The molecule has 1 unspecified atom stereocenters. The SMILES string of the molecule is COc1ncc(-n2nc(C)c3c2C(c2ccc(Cl)cc2)N(c2cc(C)c(=O)n(C)c2)C3=O)cn1. The molecule has 1 amide bonds. The fourth-order valence-corrected chi connectivity index (χ4v) is 4.48. The van der Waals surface area contributed by atoms with Gasteiger partial charge in [0.1, 0.15) is 11.7 Å². The van der Waals surface area contributed by atoms with Gasteiger partial charge in [-0.1, -0.05) is 23.7 Å². The van der Waals surface area contributed by atoms with Gasteiger partial charge in [-0.15, -0.1) is 0 Å². The van der Waals surface area contributed by atoms with E-state index in [-0.39, 0.29) is 17.5 Å². The summed E-state index contributed by atoms with van der Waals surface area (Å²) in [4.78, 5) is 36.2. The molecule has 10 heteroatoms. The van der Waals surface area contributed by atoms with Crippen molar-refractivity contribution in [2.45, 2.75) is 19.9 Å². The number of amides is 1. The van der Waals surface area contributed by atoms with Crippen molar-refractivity contribution in [3.63, 3.8) is 0 Å². The molecule has 0 radical (unpaired) electrons. The minimum absolute atomic E-state index is 0.117. The molecule has 0 saturated heterocycles. The van der Waals surface area contributed by atoms with Crippen LogP contribution in [0.25, 0.3) is 5.69 Å². The summed E-state index contributed by atoms with van der Waals surface area (Å²) in [5.74, 6) is -0.203. The monoisotopic (exact) mass is 476 g/mol. The zero-order valence-corrected chi connectivity index (χ0v) is 19.7. The number of methoxy groups -OCH3 is 1. The van der Waals surface area contributed by atoms with Crippen molar-refractivity contribution in [2.24, 2.45) is 7.05 Å². The molecule has 0 aliphatic carbocycles. The van der Waals surface area contributed by atoms with E-state index in [9.17, 15) is 9.59 Å². The minimum Gasteiger partial charge on any atom is -0.467 e. The predicted octanol–water partition coefficient (Wildman–Crippen LogP) is 3.39. The number of halogens is 1. The molecule has 0 fully saturated rings. The largest absolute Gasteiger partial charge is 0.467 e. The fraction of sp³-hybridized carbons (Fsp3) is 0.208. The summed E-state index contributed by atoms with van der Waals surface area (Å²) in [7, 11) is 3.17. The molecule has 1 atom stereocenters. The van der Waals surface area contributed by atoms with E-state index < -0.39 is 6.04 Å². The van der Waals surface area contributed by atoms with Gasteiger partial charge in [-0.05, 0) is 37.6 Å². The van der Waals surface area contributed by atoms with Gasteiger partial charge in [0.25, 0.3) is 11.5 Å². The van der Waals surface area contributed by atoms with Crippen molar-refractivity contribution in [1.82, 2.24) is 24.3 Å². The number of carbonyl (C=O) groups is 1. The number of fused-ring (bicyclic) bond motifs is 1. The van der Waals surface area contributed by atoms with Gasteiger partial charge in [0.15, 0.2) is 0 Å². The van der Waals surface area contributed by atoms with E-state index >= 15 is 0 Å². The van der Waals surface area contributed by atoms with E-state index in [1.165, 1.54) is 11.7 Å². The lowest BCUT2D eigenvalue weighted by Gasteiger charge is -2.27. The molecule has 9 nitrogen and oxygen atoms in total. The number of pyridine rings is 1. The average molecular weight is 477 g/mol. The topological polar surface area (TPSA) is 95.1 Å². The van der Waals surface area contributed by atoms with Crippen LogP contribution in [0.5, 0.6) is 6.01 Å². The first kappa shape index (κ1) is 21.8. The quantitative estimate of drug-likeness (QED) is 0.448. The van der Waals surface area contributed by atoms with Gasteiger partial charge < -0.3 is 9.30 Å². The highest BCUT2D eigenvalue weighted by Gasteiger charge is 2.44. The minimum atomic E-state index is -0.514. The highest BCUT2D eigenvalue weighted by Crippen LogP contribution is 2.43. The number of hydrogen-bond donors (Lipinski definition) is 0. The van der Waals surface area contributed by atoms with Crippen LogP contribution in [0.15, 0.2) is 53.7 Å². The lowest BCUT2D eigenvalue weighted by atomic mass is 10.0. The lowest BCUT2D eigenvalue weighted by Crippen LogP contribution is -2.32. The number of aromatic nitrogens is 5. The van der Waals surface area contributed by atoms with Gasteiger partial charge in [-0.25, -0.2) is 14.6 Å². The van der Waals surface area contributed by atoms with E-state index in [0.29, 0.717) is 38.9 Å². The molecule has 3 aromatic heterocycles. The standard InChI is InChI=1S/C24H21ClN6O3/c1-13-9-17(12-29(3)22(13)32)30-20(15-5-7-16(25)8-6-15)21-19(23(30)33)14(2)28-31(21)18-10-26-24(34-4)27-11-18/h5-12,20H,1-4H3.